The van der Waals surface area contributed by atoms with Crippen LogP contribution < -0.4 is 21.1 Å². The largest absolute Gasteiger partial charge is 0.494 e. The first kappa shape index (κ1) is 27.3. The van der Waals surface area contributed by atoms with Gasteiger partial charge in [0.2, 0.25) is 0 Å². The summed E-state index contributed by atoms with van der Waals surface area (Å²) in [6.07, 6.45) is 4.61. The number of piperazine rings is 1. The van der Waals surface area contributed by atoms with Crippen molar-refractivity contribution in [3.8, 4) is 5.75 Å². The van der Waals surface area contributed by atoms with Crippen LogP contribution in [0.3, 0.4) is 0 Å². The molecule has 10 heteroatoms. The Balaban J connectivity index is 1.30. The van der Waals surface area contributed by atoms with Gasteiger partial charge in [-0.3, -0.25) is 14.6 Å². The Kier molecular flexibility index (Phi) is 10.3. The van der Waals surface area contributed by atoms with Crippen LogP contribution >= 0.6 is 0 Å². The number of nitrogens with one attached hydrogen (secondary N) is 2. The number of carboxylic acid groups (broad SMARTS) is 1. The van der Waals surface area contributed by atoms with E-state index in [2.05, 4.69) is 37.6 Å². The van der Waals surface area contributed by atoms with Gasteiger partial charge in [0.15, 0.2) is 0 Å². The van der Waals surface area contributed by atoms with Gasteiger partial charge in [0.1, 0.15) is 23.7 Å². The molecule has 0 radical (unpaired) electrons. The van der Waals surface area contributed by atoms with Crippen molar-refractivity contribution in [3.63, 3.8) is 0 Å². The van der Waals surface area contributed by atoms with E-state index in [4.69, 9.17) is 15.6 Å². The van der Waals surface area contributed by atoms with Gasteiger partial charge in [-0.25, -0.2) is 9.97 Å². The summed E-state index contributed by atoms with van der Waals surface area (Å²) in [5, 5.41) is 15.7. The van der Waals surface area contributed by atoms with Crippen LogP contribution in [0.25, 0.3) is 0 Å². The molecule has 202 valence electrons. The lowest BCUT2D eigenvalue weighted by Gasteiger charge is -2.33. The minimum absolute atomic E-state index is 0.109. The fourth-order valence-corrected chi connectivity index (χ4v) is 4.37. The van der Waals surface area contributed by atoms with Crippen molar-refractivity contribution in [1.82, 2.24) is 19.8 Å². The first-order valence-corrected chi connectivity index (χ1v) is 13.1. The smallest absolute Gasteiger partial charge is 0.317 e. The normalized spacial score (nSPS) is 14.2. The summed E-state index contributed by atoms with van der Waals surface area (Å²) in [6.45, 7) is 5.56. The zero-order valence-corrected chi connectivity index (χ0v) is 21.7. The number of aliphatic carboxylic acids is 1. The number of carboxylic acids is 1. The summed E-state index contributed by atoms with van der Waals surface area (Å²) >= 11 is 0. The zero-order valence-electron chi connectivity index (χ0n) is 21.7. The Morgan fingerprint density at radius 3 is 2.29 bits per heavy atom. The number of hydrogen-bond acceptors (Lipinski definition) is 9. The number of carbonyl (C=O) groups is 1. The number of anilines is 4. The third-order valence-electron chi connectivity index (χ3n) is 6.32. The Morgan fingerprint density at radius 1 is 0.895 bits per heavy atom. The van der Waals surface area contributed by atoms with E-state index in [1.807, 2.05) is 47.4 Å². The van der Waals surface area contributed by atoms with Crippen LogP contribution in [-0.4, -0.2) is 76.7 Å². The Morgan fingerprint density at radius 2 is 1.58 bits per heavy atom. The lowest BCUT2D eigenvalue weighted by Crippen LogP contribution is -2.47. The van der Waals surface area contributed by atoms with Gasteiger partial charge in [0, 0.05) is 56.2 Å². The second-order valence-corrected chi connectivity index (χ2v) is 9.41. The second-order valence-electron chi connectivity index (χ2n) is 9.41. The molecule has 38 heavy (non-hydrogen) atoms. The van der Waals surface area contributed by atoms with E-state index in [-0.39, 0.29) is 6.54 Å². The summed E-state index contributed by atoms with van der Waals surface area (Å²) in [5.41, 5.74) is 8.57. The number of ether oxygens (including phenoxy) is 1. The molecule has 0 unspecified atom stereocenters. The van der Waals surface area contributed by atoms with Crippen LogP contribution in [0, 0.1) is 0 Å². The highest BCUT2D eigenvalue weighted by molar-refractivity contribution is 5.69. The van der Waals surface area contributed by atoms with Gasteiger partial charge in [0.25, 0.3) is 0 Å². The number of nitrogens with two attached hydrogens (primary N) is 1. The van der Waals surface area contributed by atoms with Crippen molar-refractivity contribution in [3.05, 3.63) is 66.5 Å². The van der Waals surface area contributed by atoms with Crippen molar-refractivity contribution in [2.75, 3.05) is 56.5 Å². The van der Waals surface area contributed by atoms with Crippen LogP contribution in [0.15, 0.2) is 60.9 Å². The van der Waals surface area contributed by atoms with Gasteiger partial charge in [0.05, 0.1) is 13.2 Å². The van der Waals surface area contributed by atoms with Crippen LogP contribution in [0.2, 0.25) is 0 Å². The molecular formula is C28H37N7O3. The van der Waals surface area contributed by atoms with Crippen molar-refractivity contribution in [2.45, 2.75) is 25.8 Å². The first-order valence-electron chi connectivity index (χ1n) is 13.1. The molecule has 5 N–H and O–H groups in total. The number of unbranched alkanes of at least 4 members (excludes halogenated alkanes) is 2. The number of nitrogens with zero attached hydrogens (tertiary/aromatic N) is 4. The predicted octanol–water partition coefficient (Wildman–Crippen LogP) is 3.67. The van der Waals surface area contributed by atoms with Gasteiger partial charge < -0.3 is 26.2 Å². The van der Waals surface area contributed by atoms with Gasteiger partial charge in [-0.2, -0.15) is 0 Å². The molecule has 0 bridgehead atoms. The molecule has 10 nitrogen and oxygen atoms in total. The molecule has 2 aromatic carbocycles. The summed E-state index contributed by atoms with van der Waals surface area (Å²) in [4.78, 5) is 24.0. The van der Waals surface area contributed by atoms with E-state index in [0.29, 0.717) is 18.2 Å². The summed E-state index contributed by atoms with van der Waals surface area (Å²) in [6, 6.07) is 18.0. The Bertz CT molecular complexity index is 1170. The van der Waals surface area contributed by atoms with Gasteiger partial charge in [-0.1, -0.05) is 18.2 Å². The van der Waals surface area contributed by atoms with E-state index in [1.165, 1.54) is 11.9 Å². The lowest BCUT2D eigenvalue weighted by molar-refractivity contribution is -0.138. The maximum Gasteiger partial charge on any atom is 0.317 e. The monoisotopic (exact) mass is 519 g/mol. The van der Waals surface area contributed by atoms with Crippen molar-refractivity contribution in [1.29, 1.82) is 0 Å². The van der Waals surface area contributed by atoms with E-state index < -0.39 is 5.97 Å². The number of hydrogen-bond donors (Lipinski definition) is 4. The standard InChI is InChI=1S/C28H37N7O3/c29-10-2-1-3-15-38-25-9-5-8-24(17-25)33-27-18-26(30-21-31-27)32-23-7-4-6-22(16-23)19-34-11-13-35(14-12-34)20-28(36)37/h4-9,16-18,21H,1-3,10-15,19-20,29H2,(H,36,37)(H2,30,31,32,33). The number of aromatic nitrogens is 2. The van der Waals surface area contributed by atoms with Crippen LogP contribution in [0.1, 0.15) is 24.8 Å². The number of rotatable bonds is 14. The molecule has 0 aliphatic carbocycles. The van der Waals surface area contributed by atoms with Crippen molar-refractivity contribution >= 4 is 29.0 Å². The third-order valence-corrected chi connectivity index (χ3v) is 6.32. The highest BCUT2D eigenvalue weighted by atomic mass is 16.5. The molecule has 0 atom stereocenters. The predicted molar refractivity (Wildman–Crippen MR) is 149 cm³/mol. The van der Waals surface area contributed by atoms with E-state index >= 15 is 0 Å². The minimum Gasteiger partial charge on any atom is -0.494 e. The molecule has 2 heterocycles. The molecule has 0 saturated carbocycles. The fourth-order valence-electron chi connectivity index (χ4n) is 4.37. The molecule has 0 spiro atoms. The van der Waals surface area contributed by atoms with Gasteiger partial charge in [-0.15, -0.1) is 0 Å². The van der Waals surface area contributed by atoms with Crippen LogP contribution in [-0.2, 0) is 11.3 Å². The average molecular weight is 520 g/mol. The topological polar surface area (TPSA) is 129 Å². The second kappa shape index (κ2) is 14.3. The molecule has 1 saturated heterocycles. The molecule has 1 fully saturated rings. The molecule has 1 aromatic heterocycles. The Labute approximate surface area is 223 Å². The molecular weight excluding hydrogens is 482 g/mol. The van der Waals surface area contributed by atoms with Crippen molar-refractivity contribution in [2.24, 2.45) is 5.73 Å². The molecule has 0 amide bonds. The van der Waals surface area contributed by atoms with E-state index in [0.717, 1.165) is 75.7 Å². The van der Waals surface area contributed by atoms with Crippen LogP contribution in [0.5, 0.6) is 5.75 Å². The highest BCUT2D eigenvalue weighted by Gasteiger charge is 2.18. The Hall–Kier alpha value is -3.73. The number of benzene rings is 2. The SMILES string of the molecule is NCCCCCOc1cccc(Nc2cc(Nc3cccc(CN4CCN(CC(=O)O)CC4)c3)ncn2)c1. The van der Waals surface area contributed by atoms with Gasteiger partial charge >= 0.3 is 5.97 Å². The van der Waals surface area contributed by atoms with E-state index in [1.54, 1.807) is 0 Å². The van der Waals surface area contributed by atoms with E-state index in [9.17, 15) is 4.79 Å². The summed E-state index contributed by atoms with van der Waals surface area (Å²) in [5.74, 6) is 1.41. The molecule has 3 aromatic rings. The fraction of sp³-hybridized carbons (Fsp3) is 0.393. The molecule has 1 aliphatic rings. The zero-order chi connectivity index (χ0) is 26.6. The van der Waals surface area contributed by atoms with Crippen LogP contribution in [0.4, 0.5) is 23.0 Å². The first-order chi connectivity index (χ1) is 18.6. The molecule has 4 rings (SSSR count). The van der Waals surface area contributed by atoms with Gasteiger partial charge in [-0.05, 0) is 55.6 Å². The van der Waals surface area contributed by atoms with Crippen molar-refractivity contribution < 1.29 is 14.6 Å². The summed E-state index contributed by atoms with van der Waals surface area (Å²) in [7, 11) is 0. The quantitative estimate of drug-likeness (QED) is 0.234. The average Bonchev–Trinajstić information content (AvgIpc) is 2.90. The highest BCUT2D eigenvalue weighted by Crippen LogP contribution is 2.23. The minimum atomic E-state index is -0.771. The molecule has 1 aliphatic heterocycles. The summed E-state index contributed by atoms with van der Waals surface area (Å²) < 4.78 is 5.86. The lowest BCUT2D eigenvalue weighted by atomic mass is 10.1. The third kappa shape index (κ3) is 8.98. The maximum absolute atomic E-state index is 10.9. The maximum atomic E-state index is 10.9.